The van der Waals surface area contributed by atoms with Crippen molar-refractivity contribution in [1.29, 1.82) is 0 Å². The first-order valence-corrected chi connectivity index (χ1v) is 10.5. The highest BCUT2D eigenvalue weighted by Gasteiger charge is 2.41. The van der Waals surface area contributed by atoms with E-state index >= 15 is 0 Å². The lowest BCUT2D eigenvalue weighted by atomic mass is 9.94. The third kappa shape index (κ3) is 3.54. The van der Waals surface area contributed by atoms with E-state index in [1.165, 1.54) is 6.42 Å². The number of hydrogen-bond acceptors (Lipinski definition) is 4. The average molecular weight is 342 g/mol. The number of nitrogens with zero attached hydrogens (tertiary/aromatic N) is 2. The van der Waals surface area contributed by atoms with E-state index in [2.05, 4.69) is 0 Å². The van der Waals surface area contributed by atoms with Crippen LogP contribution in [-0.2, 0) is 19.4 Å². The smallest absolute Gasteiger partial charge is 0.228 e. The van der Waals surface area contributed by atoms with Gasteiger partial charge in [0.15, 0.2) is 9.84 Å². The predicted octanol–water partition coefficient (Wildman–Crippen LogP) is 0.813. The van der Waals surface area contributed by atoms with Gasteiger partial charge in [-0.25, -0.2) is 8.42 Å². The Morgan fingerprint density at radius 1 is 1.17 bits per heavy atom. The van der Waals surface area contributed by atoms with Crippen molar-refractivity contribution < 1.29 is 18.0 Å². The molecule has 2 unspecified atom stereocenters. The van der Waals surface area contributed by atoms with Crippen LogP contribution in [0, 0.1) is 5.92 Å². The molecule has 0 bridgehead atoms. The molecule has 0 spiro atoms. The maximum atomic E-state index is 12.7. The molecule has 0 aromatic rings. The van der Waals surface area contributed by atoms with E-state index in [0.717, 1.165) is 25.7 Å². The lowest BCUT2D eigenvalue weighted by Crippen LogP contribution is -2.43. The van der Waals surface area contributed by atoms with Crippen LogP contribution in [0.1, 0.15) is 44.9 Å². The Kier molecular flexibility index (Phi) is 4.67. The topological polar surface area (TPSA) is 74.8 Å². The number of likely N-dealkylation sites (tertiary alicyclic amines) is 1. The van der Waals surface area contributed by atoms with E-state index in [0.29, 0.717) is 19.0 Å². The molecule has 6 nitrogen and oxygen atoms in total. The first-order chi connectivity index (χ1) is 10.9. The molecule has 2 atom stereocenters. The third-order valence-corrected chi connectivity index (χ3v) is 7.38. The molecule has 2 amide bonds. The zero-order valence-corrected chi connectivity index (χ0v) is 14.6. The molecule has 7 heteroatoms. The van der Waals surface area contributed by atoms with Crippen LogP contribution in [0.4, 0.5) is 0 Å². The summed E-state index contributed by atoms with van der Waals surface area (Å²) in [6.45, 7) is 0.506. The van der Waals surface area contributed by atoms with Crippen LogP contribution in [0.2, 0.25) is 0 Å². The first kappa shape index (κ1) is 16.7. The van der Waals surface area contributed by atoms with E-state index in [1.54, 1.807) is 11.9 Å². The predicted molar refractivity (Wildman–Crippen MR) is 86.5 cm³/mol. The number of sulfone groups is 1. The molecule has 130 valence electrons. The quantitative estimate of drug-likeness (QED) is 0.761. The number of carbonyl (C=O) groups is 2. The molecule has 0 radical (unpaired) electrons. The summed E-state index contributed by atoms with van der Waals surface area (Å²) >= 11 is 0. The second-order valence-electron chi connectivity index (χ2n) is 7.24. The fourth-order valence-corrected chi connectivity index (χ4v) is 5.97. The molecule has 2 saturated heterocycles. The van der Waals surface area contributed by atoms with Crippen LogP contribution >= 0.6 is 0 Å². The van der Waals surface area contributed by atoms with Crippen molar-refractivity contribution in [2.45, 2.75) is 57.0 Å². The van der Waals surface area contributed by atoms with Gasteiger partial charge in [-0.3, -0.25) is 9.59 Å². The summed E-state index contributed by atoms with van der Waals surface area (Å²) in [5, 5.41) is 0. The van der Waals surface area contributed by atoms with Gasteiger partial charge in [0.25, 0.3) is 0 Å². The van der Waals surface area contributed by atoms with Crippen molar-refractivity contribution in [3.63, 3.8) is 0 Å². The van der Waals surface area contributed by atoms with Gasteiger partial charge in [0, 0.05) is 32.1 Å². The molecule has 23 heavy (non-hydrogen) atoms. The molecule has 3 rings (SSSR count). The molecular weight excluding hydrogens is 316 g/mol. The van der Waals surface area contributed by atoms with E-state index in [4.69, 9.17) is 0 Å². The van der Waals surface area contributed by atoms with E-state index < -0.39 is 9.84 Å². The average Bonchev–Trinajstić information content (AvgIpc) is 3.09. The Bertz CT molecular complexity index is 583. The molecule has 3 fully saturated rings. The van der Waals surface area contributed by atoms with Crippen molar-refractivity contribution in [1.82, 2.24) is 9.80 Å². The Morgan fingerprint density at radius 2 is 1.87 bits per heavy atom. The van der Waals surface area contributed by atoms with Crippen LogP contribution in [0.3, 0.4) is 0 Å². The maximum Gasteiger partial charge on any atom is 0.228 e. The third-order valence-electron chi connectivity index (χ3n) is 5.63. The second-order valence-corrected chi connectivity index (χ2v) is 9.47. The fraction of sp³-hybridized carbons (Fsp3) is 0.875. The van der Waals surface area contributed by atoms with Gasteiger partial charge in [0.2, 0.25) is 11.8 Å². The van der Waals surface area contributed by atoms with Gasteiger partial charge >= 0.3 is 0 Å². The van der Waals surface area contributed by atoms with E-state index in [1.807, 2.05) is 4.90 Å². The molecule has 1 aliphatic carbocycles. The zero-order valence-electron chi connectivity index (χ0n) is 13.7. The van der Waals surface area contributed by atoms with Gasteiger partial charge in [-0.2, -0.15) is 0 Å². The molecule has 2 heterocycles. The van der Waals surface area contributed by atoms with Crippen LogP contribution in [0.5, 0.6) is 0 Å². The molecule has 0 N–H and O–H groups in total. The fourth-order valence-electron chi connectivity index (χ4n) is 4.19. The summed E-state index contributed by atoms with van der Waals surface area (Å²) in [5.41, 5.74) is 0. The molecule has 3 aliphatic rings. The summed E-state index contributed by atoms with van der Waals surface area (Å²) in [4.78, 5) is 28.4. The monoisotopic (exact) mass is 342 g/mol. The SMILES string of the molecule is CN(C(=O)C1CC(=O)N(C2CCCCC2)C1)C1CCS(=O)(=O)C1. The zero-order chi connectivity index (χ0) is 16.6. The maximum absolute atomic E-state index is 12.7. The standard InChI is InChI=1S/C16H26N2O4S/c1-17(14-7-8-23(21,22)11-14)16(20)12-9-15(19)18(10-12)13-5-3-2-4-6-13/h12-14H,2-11H2,1H3. The second kappa shape index (κ2) is 6.42. The number of hydrogen-bond donors (Lipinski definition) is 0. The Balaban J connectivity index is 1.61. The molecule has 0 aromatic heterocycles. The summed E-state index contributed by atoms with van der Waals surface area (Å²) in [7, 11) is -1.33. The number of rotatable bonds is 3. The van der Waals surface area contributed by atoms with Crippen molar-refractivity contribution in [2.75, 3.05) is 25.1 Å². The van der Waals surface area contributed by atoms with Crippen LogP contribution in [0.15, 0.2) is 0 Å². The van der Waals surface area contributed by atoms with Crippen molar-refractivity contribution in [3.05, 3.63) is 0 Å². The van der Waals surface area contributed by atoms with Crippen LogP contribution in [0.25, 0.3) is 0 Å². The summed E-state index contributed by atoms with van der Waals surface area (Å²) in [5.74, 6) is -0.0748. The van der Waals surface area contributed by atoms with Gasteiger partial charge in [-0.05, 0) is 19.3 Å². The van der Waals surface area contributed by atoms with Crippen molar-refractivity contribution in [2.24, 2.45) is 5.92 Å². The lowest BCUT2D eigenvalue weighted by Gasteiger charge is -2.31. The summed E-state index contributed by atoms with van der Waals surface area (Å²) < 4.78 is 23.2. The van der Waals surface area contributed by atoms with Gasteiger partial charge in [0.05, 0.1) is 17.4 Å². The minimum absolute atomic E-state index is 0.0578. The number of amides is 2. The van der Waals surface area contributed by atoms with E-state index in [-0.39, 0.29) is 41.7 Å². The highest BCUT2D eigenvalue weighted by molar-refractivity contribution is 7.91. The Morgan fingerprint density at radius 3 is 2.48 bits per heavy atom. The Labute approximate surface area is 138 Å². The van der Waals surface area contributed by atoms with Crippen molar-refractivity contribution in [3.8, 4) is 0 Å². The largest absolute Gasteiger partial charge is 0.341 e. The molecule has 2 aliphatic heterocycles. The first-order valence-electron chi connectivity index (χ1n) is 8.64. The molecule has 1 saturated carbocycles. The van der Waals surface area contributed by atoms with Crippen LogP contribution in [-0.4, -0.2) is 67.2 Å². The minimum atomic E-state index is -3.01. The van der Waals surface area contributed by atoms with Gasteiger partial charge in [-0.15, -0.1) is 0 Å². The van der Waals surface area contributed by atoms with E-state index in [9.17, 15) is 18.0 Å². The summed E-state index contributed by atoms with van der Waals surface area (Å²) in [6, 6.07) is 0.0672. The Hall–Kier alpha value is -1.11. The van der Waals surface area contributed by atoms with Gasteiger partial charge < -0.3 is 9.80 Å². The van der Waals surface area contributed by atoms with Gasteiger partial charge in [-0.1, -0.05) is 19.3 Å². The van der Waals surface area contributed by atoms with Crippen molar-refractivity contribution >= 4 is 21.7 Å². The molecule has 0 aromatic carbocycles. The van der Waals surface area contributed by atoms with Gasteiger partial charge in [0.1, 0.15) is 0 Å². The number of carbonyl (C=O) groups excluding carboxylic acids is 2. The van der Waals surface area contributed by atoms with Crippen LogP contribution < -0.4 is 0 Å². The normalized spacial score (nSPS) is 31.5. The highest BCUT2D eigenvalue weighted by atomic mass is 32.2. The molecular formula is C16H26N2O4S. The lowest BCUT2D eigenvalue weighted by molar-refractivity contribution is -0.136. The summed E-state index contributed by atoms with van der Waals surface area (Å²) in [6.07, 6.45) is 6.43. The minimum Gasteiger partial charge on any atom is -0.341 e. The highest BCUT2D eigenvalue weighted by Crippen LogP contribution is 2.30.